The minimum atomic E-state index is -0.921. The number of nitrogens with one attached hydrogen (secondary N) is 2. The van der Waals surface area contributed by atoms with Crippen molar-refractivity contribution in [3.05, 3.63) is 28.5 Å². The highest BCUT2D eigenvalue weighted by Crippen LogP contribution is 2.19. The molecule has 5 nitrogen and oxygen atoms in total. The predicted molar refractivity (Wildman–Crippen MR) is 68.0 cm³/mol. The number of halogens is 2. The molecule has 0 aromatic heterocycles. The second-order valence-corrected chi connectivity index (χ2v) is 4.42. The molecule has 98 valence electrons. The molecule has 1 rings (SSSR count). The molecule has 1 aromatic rings. The van der Waals surface area contributed by atoms with Gasteiger partial charge in [-0.2, -0.15) is 0 Å². The molecule has 2 amide bonds. The van der Waals surface area contributed by atoms with E-state index in [2.05, 4.69) is 26.6 Å². The number of anilines is 1. The van der Waals surface area contributed by atoms with Crippen LogP contribution in [0.1, 0.15) is 12.8 Å². The van der Waals surface area contributed by atoms with Crippen LogP contribution in [0.2, 0.25) is 0 Å². The molecule has 0 radical (unpaired) electrons. The van der Waals surface area contributed by atoms with E-state index in [1.54, 1.807) is 0 Å². The van der Waals surface area contributed by atoms with Gasteiger partial charge in [0, 0.05) is 17.4 Å². The predicted octanol–water partition coefficient (Wildman–Crippen LogP) is 2.57. The summed E-state index contributed by atoms with van der Waals surface area (Å²) in [6.45, 7) is 0.216. The Hall–Kier alpha value is -1.63. The maximum atomic E-state index is 13.3. The normalized spacial score (nSPS) is 9.89. The third-order valence-corrected chi connectivity index (χ3v) is 2.52. The van der Waals surface area contributed by atoms with Crippen molar-refractivity contribution in [1.29, 1.82) is 0 Å². The first-order valence-corrected chi connectivity index (χ1v) is 6.00. The first-order chi connectivity index (χ1) is 8.49. The van der Waals surface area contributed by atoms with Gasteiger partial charge in [-0.05, 0) is 24.6 Å². The number of carbonyl (C=O) groups excluding carboxylic acids is 1. The van der Waals surface area contributed by atoms with Crippen molar-refractivity contribution in [2.24, 2.45) is 0 Å². The Morgan fingerprint density at radius 1 is 1.39 bits per heavy atom. The number of hydrogen-bond acceptors (Lipinski definition) is 2. The van der Waals surface area contributed by atoms with Crippen LogP contribution in [0.3, 0.4) is 0 Å². The van der Waals surface area contributed by atoms with E-state index in [0.717, 1.165) is 0 Å². The molecule has 0 heterocycles. The number of aliphatic carboxylic acids is 1. The van der Waals surface area contributed by atoms with Crippen LogP contribution < -0.4 is 10.6 Å². The van der Waals surface area contributed by atoms with Gasteiger partial charge in [0.05, 0.1) is 5.69 Å². The number of amides is 2. The first kappa shape index (κ1) is 14.4. The van der Waals surface area contributed by atoms with Gasteiger partial charge < -0.3 is 15.7 Å². The first-order valence-electron chi connectivity index (χ1n) is 5.20. The van der Waals surface area contributed by atoms with E-state index in [0.29, 0.717) is 10.9 Å². The molecule has 7 heteroatoms. The van der Waals surface area contributed by atoms with Gasteiger partial charge in [-0.1, -0.05) is 15.9 Å². The van der Waals surface area contributed by atoms with Crippen molar-refractivity contribution in [1.82, 2.24) is 5.32 Å². The van der Waals surface area contributed by atoms with Crippen LogP contribution in [-0.4, -0.2) is 23.7 Å². The lowest BCUT2D eigenvalue weighted by atomic mass is 10.3. The third-order valence-electron chi connectivity index (χ3n) is 2.03. The summed E-state index contributed by atoms with van der Waals surface area (Å²) in [7, 11) is 0. The van der Waals surface area contributed by atoms with E-state index in [-0.39, 0.29) is 18.7 Å². The molecule has 0 aliphatic heterocycles. The van der Waals surface area contributed by atoms with Gasteiger partial charge in [-0.25, -0.2) is 9.18 Å². The van der Waals surface area contributed by atoms with Crippen molar-refractivity contribution >= 4 is 33.6 Å². The summed E-state index contributed by atoms with van der Waals surface area (Å²) < 4.78 is 13.9. The zero-order valence-corrected chi connectivity index (χ0v) is 11.0. The summed E-state index contributed by atoms with van der Waals surface area (Å²) >= 11 is 3.16. The van der Waals surface area contributed by atoms with Crippen LogP contribution in [0.4, 0.5) is 14.9 Å². The van der Waals surface area contributed by atoms with Gasteiger partial charge in [0.2, 0.25) is 0 Å². The van der Waals surface area contributed by atoms with Gasteiger partial charge in [0.15, 0.2) is 0 Å². The number of hydrogen-bond donors (Lipinski definition) is 3. The van der Waals surface area contributed by atoms with Crippen molar-refractivity contribution in [2.45, 2.75) is 12.8 Å². The molecular weight excluding hydrogens is 307 g/mol. The van der Waals surface area contributed by atoms with Gasteiger partial charge in [-0.15, -0.1) is 0 Å². The van der Waals surface area contributed by atoms with E-state index in [4.69, 9.17) is 5.11 Å². The van der Waals surface area contributed by atoms with Gasteiger partial charge in [-0.3, -0.25) is 4.79 Å². The Balaban J connectivity index is 2.40. The largest absolute Gasteiger partial charge is 0.481 e. The van der Waals surface area contributed by atoms with Crippen LogP contribution in [0.15, 0.2) is 22.7 Å². The number of rotatable bonds is 5. The second-order valence-electron chi connectivity index (χ2n) is 3.50. The van der Waals surface area contributed by atoms with E-state index < -0.39 is 17.8 Å². The number of urea groups is 1. The van der Waals surface area contributed by atoms with Crippen LogP contribution in [-0.2, 0) is 4.79 Å². The summed E-state index contributed by atoms with van der Waals surface area (Å²) in [5, 5.41) is 13.2. The van der Waals surface area contributed by atoms with Crippen LogP contribution >= 0.6 is 15.9 Å². The number of benzene rings is 1. The summed E-state index contributed by atoms with van der Waals surface area (Å²) in [5.41, 5.74) is 0.0557. The van der Waals surface area contributed by atoms with E-state index in [1.807, 2.05) is 0 Å². The standard InChI is InChI=1S/C11H12BrFN2O3/c12-7-3-4-8(13)9(6-7)15-11(18)14-5-1-2-10(16)17/h3-4,6H,1-2,5H2,(H,16,17)(H2,14,15,18). The average molecular weight is 319 g/mol. The van der Waals surface area contributed by atoms with Crippen molar-refractivity contribution in [3.63, 3.8) is 0 Å². The molecule has 0 atom stereocenters. The van der Waals surface area contributed by atoms with E-state index in [1.165, 1.54) is 18.2 Å². The number of carboxylic acids is 1. The molecule has 0 aliphatic carbocycles. The van der Waals surface area contributed by atoms with Crippen LogP contribution in [0.5, 0.6) is 0 Å². The summed E-state index contributed by atoms with van der Waals surface area (Å²) in [5.74, 6) is -1.46. The maximum Gasteiger partial charge on any atom is 0.319 e. The lowest BCUT2D eigenvalue weighted by Gasteiger charge is -2.08. The van der Waals surface area contributed by atoms with Gasteiger partial charge >= 0.3 is 12.0 Å². The molecule has 0 unspecified atom stereocenters. The molecule has 0 spiro atoms. The molecule has 0 fully saturated rings. The minimum Gasteiger partial charge on any atom is -0.481 e. The summed E-state index contributed by atoms with van der Waals surface area (Å²) in [4.78, 5) is 21.6. The summed E-state index contributed by atoms with van der Waals surface area (Å²) in [6.07, 6.45) is 0.301. The monoisotopic (exact) mass is 318 g/mol. The Bertz CT molecular complexity index is 454. The smallest absolute Gasteiger partial charge is 0.319 e. The number of carbonyl (C=O) groups is 2. The second kappa shape index (κ2) is 6.95. The zero-order chi connectivity index (χ0) is 13.5. The SMILES string of the molecule is O=C(O)CCCNC(=O)Nc1cc(Br)ccc1F. The van der Waals surface area contributed by atoms with E-state index >= 15 is 0 Å². The van der Waals surface area contributed by atoms with Crippen molar-refractivity contribution < 1.29 is 19.1 Å². The Morgan fingerprint density at radius 2 is 2.11 bits per heavy atom. The van der Waals surface area contributed by atoms with Gasteiger partial charge in [0.25, 0.3) is 0 Å². The highest BCUT2D eigenvalue weighted by atomic mass is 79.9. The Kier molecular flexibility index (Phi) is 5.57. The minimum absolute atomic E-state index is 0.0223. The molecule has 0 saturated heterocycles. The topological polar surface area (TPSA) is 78.4 Å². The van der Waals surface area contributed by atoms with Gasteiger partial charge in [0.1, 0.15) is 5.82 Å². The molecule has 0 saturated carbocycles. The summed E-state index contributed by atoms with van der Waals surface area (Å²) in [6, 6.07) is 3.61. The highest BCUT2D eigenvalue weighted by Gasteiger charge is 2.07. The third kappa shape index (κ3) is 5.13. The zero-order valence-electron chi connectivity index (χ0n) is 9.37. The Labute approximate surface area is 112 Å². The van der Waals surface area contributed by atoms with Crippen LogP contribution in [0.25, 0.3) is 0 Å². The molecule has 0 bridgehead atoms. The molecule has 3 N–H and O–H groups in total. The molecule has 18 heavy (non-hydrogen) atoms. The lowest BCUT2D eigenvalue weighted by molar-refractivity contribution is -0.137. The maximum absolute atomic E-state index is 13.3. The van der Waals surface area contributed by atoms with Crippen molar-refractivity contribution in [3.8, 4) is 0 Å². The fourth-order valence-electron chi connectivity index (χ4n) is 1.20. The lowest BCUT2D eigenvalue weighted by Crippen LogP contribution is -2.30. The fraction of sp³-hybridized carbons (Fsp3) is 0.273. The average Bonchev–Trinajstić information content (AvgIpc) is 2.29. The van der Waals surface area contributed by atoms with E-state index in [9.17, 15) is 14.0 Å². The Morgan fingerprint density at radius 3 is 2.78 bits per heavy atom. The quantitative estimate of drug-likeness (QED) is 0.730. The molecule has 0 aliphatic rings. The highest BCUT2D eigenvalue weighted by molar-refractivity contribution is 9.10. The molecular formula is C11H12BrFN2O3. The molecule has 1 aromatic carbocycles. The van der Waals surface area contributed by atoms with Crippen LogP contribution in [0, 0.1) is 5.82 Å². The fourth-order valence-corrected chi connectivity index (χ4v) is 1.56. The van der Waals surface area contributed by atoms with Crippen molar-refractivity contribution in [2.75, 3.05) is 11.9 Å². The number of carboxylic acid groups (broad SMARTS) is 1.